The first-order valence-electron chi connectivity index (χ1n) is 7.37. The average Bonchev–Trinajstić information content (AvgIpc) is 2.53. The van der Waals surface area contributed by atoms with Crippen LogP contribution in [0, 0.1) is 11.3 Å². The molecule has 1 aromatic carbocycles. The first kappa shape index (κ1) is 16.5. The molecule has 0 spiro atoms. The van der Waals surface area contributed by atoms with Crippen molar-refractivity contribution >= 4 is 23.6 Å². The minimum absolute atomic E-state index is 0.0302. The number of imide groups is 1. The summed E-state index contributed by atoms with van der Waals surface area (Å²) in [5.41, 5.74) is 2.76. The third-order valence-corrected chi connectivity index (χ3v) is 3.86. The molecule has 1 aliphatic rings. The van der Waals surface area contributed by atoms with Crippen molar-refractivity contribution in [3.05, 3.63) is 46.5 Å². The van der Waals surface area contributed by atoms with Crippen LogP contribution in [0.3, 0.4) is 0 Å². The lowest BCUT2D eigenvalue weighted by atomic mass is 9.93. The van der Waals surface area contributed by atoms with Crippen LogP contribution in [-0.4, -0.2) is 37.4 Å². The average molecular weight is 309 g/mol. The van der Waals surface area contributed by atoms with Gasteiger partial charge in [-0.25, -0.2) is 0 Å². The second-order valence-corrected chi connectivity index (χ2v) is 5.51. The van der Waals surface area contributed by atoms with Crippen molar-refractivity contribution in [2.45, 2.75) is 13.8 Å². The van der Waals surface area contributed by atoms with E-state index < -0.39 is 5.91 Å². The summed E-state index contributed by atoms with van der Waals surface area (Å²) < 4.78 is 0. The Bertz CT molecular complexity index is 749. The molecule has 0 N–H and O–H groups in total. The number of amides is 2. The molecular weight excluding hydrogens is 290 g/mol. The van der Waals surface area contributed by atoms with Gasteiger partial charge in [0.15, 0.2) is 0 Å². The van der Waals surface area contributed by atoms with E-state index in [1.54, 1.807) is 19.9 Å². The lowest BCUT2D eigenvalue weighted by Crippen LogP contribution is -2.42. The predicted molar refractivity (Wildman–Crippen MR) is 89.5 cm³/mol. The minimum Gasteiger partial charge on any atom is -0.378 e. The molecule has 0 saturated heterocycles. The van der Waals surface area contributed by atoms with Crippen molar-refractivity contribution in [1.82, 2.24) is 4.90 Å². The van der Waals surface area contributed by atoms with E-state index in [9.17, 15) is 14.9 Å². The van der Waals surface area contributed by atoms with Crippen LogP contribution in [-0.2, 0) is 9.59 Å². The Morgan fingerprint density at radius 1 is 1.17 bits per heavy atom. The largest absolute Gasteiger partial charge is 0.378 e. The van der Waals surface area contributed by atoms with E-state index in [4.69, 9.17) is 0 Å². The van der Waals surface area contributed by atoms with Crippen LogP contribution in [0.1, 0.15) is 19.4 Å². The Morgan fingerprint density at radius 3 is 2.26 bits per heavy atom. The fourth-order valence-electron chi connectivity index (χ4n) is 2.45. The SMILES string of the molecule is CCN1C(=O)C(C#N)=C(C)/C(=C/c2ccc(N(C)C)cc2)C1=O. The molecule has 0 unspecified atom stereocenters. The van der Waals surface area contributed by atoms with Crippen molar-refractivity contribution in [2.75, 3.05) is 25.5 Å². The Kier molecular flexibility index (Phi) is 4.65. The minimum atomic E-state index is -0.516. The van der Waals surface area contributed by atoms with Gasteiger partial charge in [0.05, 0.1) is 0 Å². The van der Waals surface area contributed by atoms with E-state index in [1.165, 1.54) is 0 Å². The van der Waals surface area contributed by atoms with Gasteiger partial charge < -0.3 is 4.90 Å². The number of hydrogen-bond donors (Lipinski definition) is 0. The van der Waals surface area contributed by atoms with Crippen LogP contribution >= 0.6 is 0 Å². The predicted octanol–water partition coefficient (Wildman–Crippen LogP) is 2.36. The third kappa shape index (κ3) is 3.02. The van der Waals surface area contributed by atoms with Crippen LogP contribution in [0.25, 0.3) is 6.08 Å². The molecule has 0 aromatic heterocycles. The monoisotopic (exact) mass is 309 g/mol. The number of nitriles is 1. The molecule has 5 nitrogen and oxygen atoms in total. The van der Waals surface area contributed by atoms with Crippen molar-refractivity contribution in [3.8, 4) is 6.07 Å². The number of carbonyl (C=O) groups excluding carboxylic acids is 2. The van der Waals surface area contributed by atoms with E-state index in [0.717, 1.165) is 16.2 Å². The standard InChI is InChI=1S/C18H19N3O2/c1-5-21-17(22)15(12(2)16(11-19)18(21)23)10-13-6-8-14(9-7-13)20(3)4/h6-10H,5H2,1-4H3/b15-10-. The molecule has 0 radical (unpaired) electrons. The van der Waals surface area contributed by atoms with Crippen LogP contribution < -0.4 is 4.90 Å². The van der Waals surface area contributed by atoms with E-state index in [0.29, 0.717) is 11.1 Å². The molecule has 118 valence electrons. The quantitative estimate of drug-likeness (QED) is 0.635. The molecule has 0 bridgehead atoms. The molecule has 2 rings (SSSR count). The zero-order valence-electron chi connectivity index (χ0n) is 13.8. The maximum Gasteiger partial charge on any atom is 0.271 e. The number of likely N-dealkylation sites (N-methyl/N-ethyl adjacent to an activating group) is 1. The van der Waals surface area contributed by atoms with Gasteiger partial charge in [0.2, 0.25) is 0 Å². The summed E-state index contributed by atoms with van der Waals surface area (Å²) in [5, 5.41) is 9.21. The molecule has 1 heterocycles. The first-order chi connectivity index (χ1) is 10.9. The van der Waals surface area contributed by atoms with Crippen LogP contribution in [0.15, 0.2) is 41.0 Å². The molecule has 5 heteroatoms. The van der Waals surface area contributed by atoms with E-state index in [2.05, 4.69) is 0 Å². The van der Waals surface area contributed by atoms with Crippen molar-refractivity contribution in [3.63, 3.8) is 0 Å². The van der Waals surface area contributed by atoms with Crippen LogP contribution in [0.5, 0.6) is 0 Å². The molecule has 23 heavy (non-hydrogen) atoms. The number of hydrogen-bond acceptors (Lipinski definition) is 4. The van der Waals surface area contributed by atoms with Crippen molar-refractivity contribution in [2.24, 2.45) is 0 Å². The Hall–Kier alpha value is -2.87. The third-order valence-electron chi connectivity index (χ3n) is 3.86. The number of rotatable bonds is 3. The second-order valence-electron chi connectivity index (χ2n) is 5.51. The summed E-state index contributed by atoms with van der Waals surface area (Å²) in [6.45, 7) is 3.60. The molecule has 2 amide bonds. The summed E-state index contributed by atoms with van der Waals surface area (Å²) in [4.78, 5) is 27.7. The van der Waals surface area contributed by atoms with E-state index in [-0.39, 0.29) is 18.0 Å². The molecule has 0 atom stereocenters. The maximum absolute atomic E-state index is 12.5. The number of nitrogens with zero attached hydrogens (tertiary/aromatic N) is 3. The van der Waals surface area contributed by atoms with Gasteiger partial charge in [-0.1, -0.05) is 12.1 Å². The van der Waals surface area contributed by atoms with Crippen LogP contribution in [0.2, 0.25) is 0 Å². The smallest absolute Gasteiger partial charge is 0.271 e. The Labute approximate surface area is 136 Å². The van der Waals surface area contributed by atoms with E-state index in [1.807, 2.05) is 49.3 Å². The van der Waals surface area contributed by atoms with Crippen molar-refractivity contribution in [1.29, 1.82) is 5.26 Å². The summed E-state index contributed by atoms with van der Waals surface area (Å²) in [5.74, 6) is -0.872. The summed E-state index contributed by atoms with van der Waals surface area (Å²) >= 11 is 0. The van der Waals surface area contributed by atoms with Gasteiger partial charge in [0.25, 0.3) is 11.8 Å². The van der Waals surface area contributed by atoms with Crippen molar-refractivity contribution < 1.29 is 9.59 Å². The van der Waals surface area contributed by atoms with Gasteiger partial charge in [0.1, 0.15) is 11.6 Å². The van der Waals surface area contributed by atoms with Gasteiger partial charge in [-0.2, -0.15) is 5.26 Å². The first-order valence-corrected chi connectivity index (χ1v) is 7.37. The second kappa shape index (κ2) is 6.49. The molecule has 0 saturated carbocycles. The Morgan fingerprint density at radius 2 is 1.78 bits per heavy atom. The number of anilines is 1. The topological polar surface area (TPSA) is 64.4 Å². The summed E-state index contributed by atoms with van der Waals surface area (Å²) in [6.07, 6.45) is 1.73. The molecule has 1 aliphatic heterocycles. The summed E-state index contributed by atoms with van der Waals surface area (Å²) in [7, 11) is 3.91. The molecule has 1 aromatic rings. The fraction of sp³-hybridized carbons (Fsp3) is 0.278. The normalized spacial score (nSPS) is 16.8. The molecule has 0 aliphatic carbocycles. The molecule has 0 fully saturated rings. The van der Waals surface area contributed by atoms with Gasteiger partial charge >= 0.3 is 0 Å². The summed E-state index contributed by atoms with van der Waals surface area (Å²) in [6, 6.07) is 9.63. The zero-order valence-corrected chi connectivity index (χ0v) is 13.8. The Balaban J connectivity index is 2.51. The maximum atomic E-state index is 12.5. The number of carbonyl (C=O) groups is 2. The van der Waals surface area contributed by atoms with E-state index >= 15 is 0 Å². The number of benzene rings is 1. The zero-order chi connectivity index (χ0) is 17.1. The van der Waals surface area contributed by atoms with Gasteiger partial charge in [0, 0.05) is 31.9 Å². The highest BCUT2D eigenvalue weighted by Gasteiger charge is 2.34. The highest BCUT2D eigenvalue weighted by molar-refractivity contribution is 6.19. The lowest BCUT2D eigenvalue weighted by Gasteiger charge is -2.26. The van der Waals surface area contributed by atoms with Crippen LogP contribution in [0.4, 0.5) is 5.69 Å². The molecular formula is C18H19N3O2. The highest BCUT2D eigenvalue weighted by Crippen LogP contribution is 2.27. The fourth-order valence-corrected chi connectivity index (χ4v) is 2.45. The lowest BCUT2D eigenvalue weighted by molar-refractivity contribution is -0.140. The van der Waals surface area contributed by atoms with Gasteiger partial charge in [-0.15, -0.1) is 0 Å². The highest BCUT2D eigenvalue weighted by atomic mass is 16.2. The van der Waals surface area contributed by atoms with Gasteiger partial charge in [-0.05, 0) is 43.2 Å². The van der Waals surface area contributed by atoms with Gasteiger partial charge in [-0.3, -0.25) is 14.5 Å².